The van der Waals surface area contributed by atoms with E-state index in [9.17, 15) is 0 Å². The molecule has 0 atom stereocenters. The minimum absolute atomic E-state index is 0. The predicted molar refractivity (Wildman–Crippen MR) is 42.4 cm³/mol. The van der Waals surface area contributed by atoms with Crippen LogP contribution in [0.15, 0.2) is 0 Å². The van der Waals surface area contributed by atoms with Crippen LogP contribution in [0.2, 0.25) is 0 Å². The van der Waals surface area contributed by atoms with Crippen molar-refractivity contribution in [2.75, 3.05) is 0 Å². The van der Waals surface area contributed by atoms with Gasteiger partial charge in [-0.05, 0) is 0 Å². The molecule has 0 amide bonds. The molecule has 0 saturated heterocycles. The van der Waals surface area contributed by atoms with Crippen LogP contribution in [0.1, 0.15) is 1.43 Å². The standard InChI is InChI=1S/Al.Ca.Na.H4O4Si.H2.6H/c;;;1-5(2,3)4;;;;;;;/h;;;1-4H;1H;;;;;;. The molecule has 0 bridgehead atoms. The van der Waals surface area contributed by atoms with E-state index in [1.165, 1.54) is 0 Å². The van der Waals surface area contributed by atoms with E-state index in [4.69, 9.17) is 19.2 Å². The molecule has 0 rings (SSSR count). The van der Waals surface area contributed by atoms with Crippen molar-refractivity contribution in [3.63, 3.8) is 0 Å². The van der Waals surface area contributed by atoms with E-state index in [1.807, 2.05) is 0 Å². The Morgan fingerprint density at radius 3 is 1.00 bits per heavy atom. The molecule has 0 aliphatic heterocycles. The molecule has 0 fully saturated rings. The Kier molecular flexibility index (Phi) is 27.6. The van der Waals surface area contributed by atoms with Gasteiger partial charge in [-0.25, -0.2) is 0 Å². The summed E-state index contributed by atoms with van der Waals surface area (Å²) < 4.78 is 0. The van der Waals surface area contributed by atoms with Gasteiger partial charge in [0.2, 0.25) is 0 Å². The van der Waals surface area contributed by atoms with Crippen LogP contribution >= 0.6 is 0 Å². The Labute approximate surface area is 112 Å². The van der Waals surface area contributed by atoms with Crippen molar-refractivity contribution in [3.05, 3.63) is 0 Å². The summed E-state index contributed by atoms with van der Waals surface area (Å²) in [6.45, 7) is 0. The third kappa shape index (κ3) is 67.2. The van der Waals surface area contributed by atoms with Crippen molar-refractivity contribution in [2.24, 2.45) is 0 Å². The summed E-state index contributed by atoms with van der Waals surface area (Å²) in [6, 6.07) is 0. The maximum atomic E-state index is 7.33. The normalized spacial score (nSPS) is 7.50. The van der Waals surface area contributed by atoms with Crippen molar-refractivity contribution in [2.45, 2.75) is 0 Å². The summed E-state index contributed by atoms with van der Waals surface area (Å²) in [6.07, 6.45) is 0. The van der Waals surface area contributed by atoms with Crippen LogP contribution in [0.25, 0.3) is 0 Å². The van der Waals surface area contributed by atoms with Crippen LogP contribution < -0.4 is 0 Å². The van der Waals surface area contributed by atoms with Gasteiger partial charge < -0.3 is 19.2 Å². The fraction of sp³-hybridized carbons (Fsp3) is 0. The molecule has 0 aliphatic rings. The molecule has 8 heavy (non-hydrogen) atoms. The van der Waals surface area contributed by atoms with Gasteiger partial charge in [0.1, 0.15) is 0 Å². The summed E-state index contributed by atoms with van der Waals surface area (Å²) in [4.78, 5) is 29.3. The quantitative estimate of drug-likeness (QED) is 0.291. The van der Waals surface area contributed by atoms with E-state index in [1.54, 1.807) is 0 Å². The summed E-state index contributed by atoms with van der Waals surface area (Å²) in [5.41, 5.74) is 0. The number of hydrogen-bond acceptors (Lipinski definition) is 4. The zero-order chi connectivity index (χ0) is 4.50. The van der Waals surface area contributed by atoms with Crippen LogP contribution in [-0.2, 0) is 0 Å². The van der Waals surface area contributed by atoms with Crippen molar-refractivity contribution >= 4 is 93.7 Å². The van der Waals surface area contributed by atoms with Crippen LogP contribution in [0.5, 0.6) is 0 Å². The summed E-state index contributed by atoms with van der Waals surface area (Å²) in [5, 5.41) is 0. The zero-order valence-electron chi connectivity index (χ0n) is 2.29. The molecule has 4 nitrogen and oxygen atoms in total. The monoisotopic (exact) mass is 194 g/mol. The Bertz CT molecular complexity index is 36.0. The molecule has 46 valence electrons. The molecular weight excluding hydrogens is 182 g/mol. The Balaban J connectivity index is -0.0000000133. The summed E-state index contributed by atoms with van der Waals surface area (Å²) >= 11 is 0. The molecule has 0 heterocycles. The Hall–Kier alpha value is 2.85. The number of rotatable bonds is 0. The van der Waals surface area contributed by atoms with Gasteiger partial charge >= 0.3 is 76.3 Å². The maximum absolute atomic E-state index is 7.33. The molecule has 0 spiro atoms. The van der Waals surface area contributed by atoms with Gasteiger partial charge in [0.05, 0.1) is 0 Å². The first kappa shape index (κ1) is 22.4. The first-order chi connectivity index (χ1) is 2.00. The first-order valence-electron chi connectivity index (χ1n) is 0.894. The zero-order valence-corrected chi connectivity index (χ0v) is 3.29. The first-order valence-corrected chi connectivity index (χ1v) is 2.68. The van der Waals surface area contributed by atoms with Crippen molar-refractivity contribution in [3.8, 4) is 0 Å². The molecule has 0 saturated carbocycles. The van der Waals surface area contributed by atoms with E-state index < -0.39 is 9.05 Å². The molecule has 0 aliphatic carbocycles. The molecule has 0 aromatic rings. The predicted octanol–water partition coefficient (Wildman–Crippen LogP) is -5.11. The second kappa shape index (κ2) is 9.85. The van der Waals surface area contributed by atoms with E-state index in [0.29, 0.717) is 0 Å². The van der Waals surface area contributed by atoms with Gasteiger partial charge in [-0.1, -0.05) is 0 Å². The fourth-order valence-corrected chi connectivity index (χ4v) is 0. The SMILES string of the molecule is O[Si](O)(O)O.[AlH3].[CaH2].[HH].[NaH]. The summed E-state index contributed by atoms with van der Waals surface area (Å²) in [7, 11) is -4.61. The van der Waals surface area contributed by atoms with Crippen molar-refractivity contribution in [1.29, 1.82) is 0 Å². The van der Waals surface area contributed by atoms with Gasteiger partial charge in [-0.15, -0.1) is 0 Å². The fourth-order valence-electron chi connectivity index (χ4n) is 0. The molecule has 0 unspecified atom stereocenters. The Morgan fingerprint density at radius 1 is 1.00 bits per heavy atom. The molecule has 0 radical (unpaired) electrons. The van der Waals surface area contributed by atoms with Crippen molar-refractivity contribution in [1.82, 2.24) is 0 Å². The summed E-state index contributed by atoms with van der Waals surface area (Å²) in [5.74, 6) is 0. The van der Waals surface area contributed by atoms with Gasteiger partial charge in [-0.2, -0.15) is 0 Å². The van der Waals surface area contributed by atoms with Crippen LogP contribution in [0.4, 0.5) is 0 Å². The molecule has 4 N–H and O–H groups in total. The third-order valence-corrected chi connectivity index (χ3v) is 0. The van der Waals surface area contributed by atoms with Gasteiger partial charge in [0.25, 0.3) is 0 Å². The molecule has 0 aromatic heterocycles. The van der Waals surface area contributed by atoms with Crippen LogP contribution in [-0.4, -0.2) is 113 Å². The third-order valence-electron chi connectivity index (χ3n) is 0. The van der Waals surface area contributed by atoms with Crippen LogP contribution in [0.3, 0.4) is 0 Å². The van der Waals surface area contributed by atoms with Crippen molar-refractivity contribution < 1.29 is 20.6 Å². The van der Waals surface area contributed by atoms with E-state index in [-0.39, 0.29) is 86.1 Å². The second-order valence-electron chi connectivity index (χ2n) is 0.600. The topological polar surface area (TPSA) is 80.9 Å². The van der Waals surface area contributed by atoms with Gasteiger partial charge in [0.15, 0.2) is 17.4 Å². The minimum atomic E-state index is -4.61. The molecule has 8 heteroatoms. The van der Waals surface area contributed by atoms with Gasteiger partial charge in [0, 0.05) is 1.43 Å². The average Bonchev–Trinajstić information content (AvgIpc) is 0.722. The van der Waals surface area contributed by atoms with E-state index in [2.05, 4.69) is 0 Å². The Morgan fingerprint density at radius 2 is 1.00 bits per heavy atom. The molecule has 0 aromatic carbocycles. The van der Waals surface area contributed by atoms with E-state index >= 15 is 0 Å². The molecular formula is H12AlCaNaO4Si. The average molecular weight is 194 g/mol. The second-order valence-corrected chi connectivity index (χ2v) is 1.80. The van der Waals surface area contributed by atoms with Gasteiger partial charge in [-0.3, -0.25) is 0 Å². The number of hydrogen-bond donors (Lipinski definition) is 4. The van der Waals surface area contributed by atoms with Crippen LogP contribution in [0, 0.1) is 0 Å². The van der Waals surface area contributed by atoms with E-state index in [0.717, 1.165) is 0 Å².